The zero-order chi connectivity index (χ0) is 11.4. The minimum atomic E-state index is -0.728. The van der Waals surface area contributed by atoms with Gasteiger partial charge in [0, 0.05) is 16.5 Å². The van der Waals surface area contributed by atoms with Gasteiger partial charge >= 0.3 is 5.97 Å². The molecule has 0 aliphatic carbocycles. The highest BCUT2D eigenvalue weighted by molar-refractivity contribution is 6.35. The molecule has 0 bridgehead atoms. The molecule has 0 aliphatic heterocycles. The van der Waals surface area contributed by atoms with Crippen molar-refractivity contribution in [3.63, 3.8) is 0 Å². The lowest BCUT2D eigenvalue weighted by Gasteiger charge is -2.08. The lowest BCUT2D eigenvalue weighted by Crippen LogP contribution is -2.18. The Labute approximate surface area is 103 Å². The first-order chi connectivity index (χ1) is 7.04. The van der Waals surface area contributed by atoms with Crippen molar-refractivity contribution in [1.82, 2.24) is 0 Å². The summed E-state index contributed by atoms with van der Waals surface area (Å²) < 4.78 is 4.51. The first-order valence-corrected chi connectivity index (χ1v) is 5.39. The van der Waals surface area contributed by atoms with Crippen LogP contribution in [-0.4, -0.2) is 18.5 Å². The van der Waals surface area contributed by atoms with Crippen LogP contribution in [0.15, 0.2) is 18.2 Å². The highest BCUT2D eigenvalue weighted by atomic mass is 35.5. The standard InChI is InChI=1S/C10H9Cl3O2/c1-15-10(14)9(13)4-6-2-3-7(11)5-8(6)12/h2-3,5,9H,4H2,1H3/t9-/m1/s1. The molecule has 1 atom stereocenters. The first kappa shape index (κ1) is 12.6. The van der Waals surface area contributed by atoms with Gasteiger partial charge in [0.1, 0.15) is 5.38 Å². The van der Waals surface area contributed by atoms with Crippen LogP contribution in [0.25, 0.3) is 0 Å². The van der Waals surface area contributed by atoms with Gasteiger partial charge in [-0.2, -0.15) is 0 Å². The molecule has 0 N–H and O–H groups in total. The number of carbonyl (C=O) groups excluding carboxylic acids is 1. The average Bonchev–Trinajstić information content (AvgIpc) is 2.20. The molecule has 0 aromatic heterocycles. The topological polar surface area (TPSA) is 26.3 Å². The maximum atomic E-state index is 11.1. The van der Waals surface area contributed by atoms with E-state index in [1.165, 1.54) is 7.11 Å². The lowest BCUT2D eigenvalue weighted by molar-refractivity contribution is -0.140. The van der Waals surface area contributed by atoms with Crippen LogP contribution in [0.4, 0.5) is 0 Å². The fraction of sp³-hybridized carbons (Fsp3) is 0.300. The second-order valence-electron chi connectivity index (χ2n) is 2.93. The van der Waals surface area contributed by atoms with Crippen LogP contribution in [0.5, 0.6) is 0 Å². The summed E-state index contributed by atoms with van der Waals surface area (Å²) in [5, 5.41) is 0.318. The van der Waals surface area contributed by atoms with E-state index in [4.69, 9.17) is 34.8 Å². The number of ether oxygens (including phenoxy) is 1. The summed E-state index contributed by atoms with van der Waals surface area (Å²) in [4.78, 5) is 11.1. The van der Waals surface area contributed by atoms with Crippen molar-refractivity contribution in [3.05, 3.63) is 33.8 Å². The molecule has 5 heteroatoms. The number of alkyl halides is 1. The third-order valence-electron chi connectivity index (χ3n) is 1.87. The number of hydrogen-bond acceptors (Lipinski definition) is 2. The minimum absolute atomic E-state index is 0.324. The number of hydrogen-bond donors (Lipinski definition) is 0. The molecule has 1 aromatic rings. The van der Waals surface area contributed by atoms with Gasteiger partial charge in [-0.1, -0.05) is 29.3 Å². The van der Waals surface area contributed by atoms with Gasteiger partial charge in [0.25, 0.3) is 0 Å². The second-order valence-corrected chi connectivity index (χ2v) is 4.30. The molecule has 0 radical (unpaired) electrons. The molecule has 1 rings (SSSR count). The normalized spacial score (nSPS) is 12.3. The number of esters is 1. The van der Waals surface area contributed by atoms with Crippen LogP contribution in [-0.2, 0) is 16.0 Å². The van der Waals surface area contributed by atoms with Gasteiger partial charge in [0.05, 0.1) is 7.11 Å². The molecule has 0 fully saturated rings. The Morgan fingerprint density at radius 2 is 2.13 bits per heavy atom. The zero-order valence-electron chi connectivity index (χ0n) is 7.97. The third kappa shape index (κ3) is 3.56. The summed E-state index contributed by atoms with van der Waals surface area (Å²) in [6.07, 6.45) is 0.324. The van der Waals surface area contributed by atoms with Gasteiger partial charge < -0.3 is 4.74 Å². The molecule has 0 saturated carbocycles. The van der Waals surface area contributed by atoms with Crippen molar-refractivity contribution in [1.29, 1.82) is 0 Å². The Balaban J connectivity index is 2.76. The van der Waals surface area contributed by atoms with Gasteiger partial charge in [0.15, 0.2) is 0 Å². The largest absolute Gasteiger partial charge is 0.468 e. The lowest BCUT2D eigenvalue weighted by atomic mass is 10.1. The summed E-state index contributed by atoms with van der Waals surface area (Å²) in [6, 6.07) is 5.05. The fourth-order valence-corrected chi connectivity index (χ4v) is 1.83. The highest BCUT2D eigenvalue weighted by Gasteiger charge is 2.17. The van der Waals surface area contributed by atoms with Gasteiger partial charge in [-0.25, -0.2) is 0 Å². The number of methoxy groups -OCH3 is 1. The van der Waals surface area contributed by atoms with E-state index in [2.05, 4.69) is 4.74 Å². The Kier molecular flexibility index (Phi) is 4.71. The summed E-state index contributed by atoms with van der Waals surface area (Å²) in [7, 11) is 1.29. The van der Waals surface area contributed by atoms with E-state index in [1.54, 1.807) is 18.2 Å². The predicted octanol–water partition coefficient (Wildman–Crippen LogP) is 3.32. The van der Waals surface area contributed by atoms with Crippen LogP contribution in [0.3, 0.4) is 0 Å². The quantitative estimate of drug-likeness (QED) is 0.620. The average molecular weight is 268 g/mol. The Morgan fingerprint density at radius 1 is 1.47 bits per heavy atom. The van der Waals surface area contributed by atoms with Crippen molar-refractivity contribution in [2.75, 3.05) is 7.11 Å². The van der Waals surface area contributed by atoms with Crippen LogP contribution in [0, 0.1) is 0 Å². The number of rotatable bonds is 3. The SMILES string of the molecule is COC(=O)[C@H](Cl)Cc1ccc(Cl)cc1Cl. The monoisotopic (exact) mass is 266 g/mol. The summed E-state index contributed by atoms with van der Waals surface area (Å²) in [5.41, 5.74) is 0.770. The predicted molar refractivity (Wildman–Crippen MR) is 61.8 cm³/mol. The van der Waals surface area contributed by atoms with E-state index in [1.807, 2.05) is 0 Å². The van der Waals surface area contributed by atoms with E-state index in [0.717, 1.165) is 5.56 Å². The molecular weight excluding hydrogens is 258 g/mol. The van der Waals surface area contributed by atoms with Gasteiger partial charge in [-0.3, -0.25) is 4.79 Å². The third-order valence-corrected chi connectivity index (χ3v) is 2.79. The Hall–Kier alpha value is -0.440. The Bertz CT molecular complexity index is 366. The molecule has 0 amide bonds. The second kappa shape index (κ2) is 5.59. The fourth-order valence-electron chi connectivity index (χ4n) is 1.09. The van der Waals surface area contributed by atoms with Crippen molar-refractivity contribution < 1.29 is 9.53 Å². The molecule has 2 nitrogen and oxygen atoms in total. The molecular formula is C10H9Cl3O2. The van der Waals surface area contributed by atoms with E-state index < -0.39 is 11.3 Å². The Morgan fingerprint density at radius 3 is 2.67 bits per heavy atom. The van der Waals surface area contributed by atoms with Crippen LogP contribution >= 0.6 is 34.8 Å². The van der Waals surface area contributed by atoms with Crippen molar-refractivity contribution >= 4 is 40.8 Å². The van der Waals surface area contributed by atoms with Gasteiger partial charge in [-0.15, -0.1) is 11.6 Å². The number of carbonyl (C=O) groups is 1. The summed E-state index contributed by atoms with van der Waals surface area (Å²) >= 11 is 17.5. The number of benzene rings is 1. The molecule has 0 spiro atoms. The maximum Gasteiger partial charge on any atom is 0.324 e. The van der Waals surface area contributed by atoms with E-state index in [0.29, 0.717) is 16.5 Å². The molecule has 0 unspecified atom stereocenters. The maximum absolute atomic E-state index is 11.1. The van der Waals surface area contributed by atoms with Crippen molar-refractivity contribution in [3.8, 4) is 0 Å². The summed E-state index contributed by atoms with van der Waals surface area (Å²) in [6.45, 7) is 0. The van der Waals surface area contributed by atoms with Gasteiger partial charge in [0.2, 0.25) is 0 Å². The van der Waals surface area contributed by atoms with Crippen LogP contribution < -0.4 is 0 Å². The molecule has 15 heavy (non-hydrogen) atoms. The molecule has 82 valence electrons. The van der Waals surface area contributed by atoms with E-state index >= 15 is 0 Å². The molecule has 0 aliphatic rings. The zero-order valence-corrected chi connectivity index (χ0v) is 10.2. The summed E-state index contributed by atoms with van der Waals surface area (Å²) in [5.74, 6) is -0.470. The van der Waals surface area contributed by atoms with E-state index in [9.17, 15) is 4.79 Å². The van der Waals surface area contributed by atoms with E-state index in [-0.39, 0.29) is 0 Å². The first-order valence-electron chi connectivity index (χ1n) is 4.20. The van der Waals surface area contributed by atoms with Crippen molar-refractivity contribution in [2.24, 2.45) is 0 Å². The number of halogens is 3. The smallest absolute Gasteiger partial charge is 0.324 e. The molecule has 0 heterocycles. The van der Waals surface area contributed by atoms with Crippen LogP contribution in [0.2, 0.25) is 10.0 Å². The van der Waals surface area contributed by atoms with Crippen LogP contribution in [0.1, 0.15) is 5.56 Å². The van der Waals surface area contributed by atoms with Crippen molar-refractivity contribution in [2.45, 2.75) is 11.8 Å². The minimum Gasteiger partial charge on any atom is -0.468 e. The molecule has 1 aromatic carbocycles. The highest BCUT2D eigenvalue weighted by Crippen LogP contribution is 2.23. The van der Waals surface area contributed by atoms with Gasteiger partial charge in [-0.05, 0) is 17.7 Å². The molecule has 0 saturated heterocycles.